The highest BCUT2D eigenvalue weighted by molar-refractivity contribution is 5.72. The predicted octanol–water partition coefficient (Wildman–Crippen LogP) is 12.5. The number of rotatable bonds is 10. The van der Waals surface area contributed by atoms with Gasteiger partial charge in [0.2, 0.25) is 0 Å². The molecule has 55 heavy (non-hydrogen) atoms. The first-order valence-corrected chi connectivity index (χ1v) is 20.7. The van der Waals surface area contributed by atoms with Gasteiger partial charge in [-0.1, -0.05) is 166 Å². The standard InChI is InChI=1S/C14H16.C10H19N.C8H16N2O.C7H13N.2C3H8.C2H5N.C2H4/c1-3-7-13(8-4-1)11-12-14-9-5-2-6-10-14;1-8(2)10(11-3)7-9-5-4-6-9;1-5-6(8(2,3)4)10-7(9)11;1-3-7-5-4-6-8(7)2;2*1-3-2;1-2-3;1-2/h1,3-5,7-10H,2,6,11-12H2;9-11H,1,4-7H2,2-3H3;5-6H,1H2,2-4H3,(H3,9,10,11);3,7H,1,4-6H2,2H3;2*3H2,1-2H3;2H,1,3H2;1-2H2. The SMILES string of the molecule is C1=CC(CCc2ccccc2)=CCC1.C=C.C=C(C)C(CC1CCC1)NC.C=CC(NC(N)=O)C(C)(C)C.C=CC1CCCN1C.C=CN.CCC.CCC. The Labute approximate surface area is 342 Å². The summed E-state index contributed by atoms with van der Waals surface area (Å²) in [5.41, 5.74) is 13.8. The molecular weight excluding hydrogens is 675 g/mol. The van der Waals surface area contributed by atoms with Crippen molar-refractivity contribution in [2.45, 2.75) is 151 Å². The number of nitrogens with one attached hydrogen (secondary N) is 2. The average Bonchev–Trinajstić information content (AvgIpc) is 3.57. The zero-order valence-electron chi connectivity index (χ0n) is 37.6. The number of benzene rings is 1. The molecule has 0 aromatic heterocycles. The van der Waals surface area contributed by atoms with E-state index in [1.807, 2.05) is 33.9 Å². The van der Waals surface area contributed by atoms with Crippen LogP contribution in [0.3, 0.4) is 0 Å². The molecule has 2 fully saturated rings. The normalized spacial score (nSPS) is 16.3. The van der Waals surface area contributed by atoms with Crippen LogP contribution >= 0.6 is 0 Å². The Morgan fingerprint density at radius 2 is 1.51 bits per heavy atom. The third-order valence-electron chi connectivity index (χ3n) is 8.67. The molecule has 0 radical (unpaired) electrons. The topological polar surface area (TPSA) is 96.4 Å². The van der Waals surface area contributed by atoms with Crippen molar-refractivity contribution in [2.75, 3.05) is 20.6 Å². The molecule has 1 saturated carbocycles. The van der Waals surface area contributed by atoms with Crippen molar-refractivity contribution in [3.05, 3.63) is 123 Å². The molecule has 6 heteroatoms. The highest BCUT2D eigenvalue weighted by Gasteiger charge is 2.22. The molecule has 2 amide bonds. The monoisotopic (exact) mass is 764 g/mol. The number of hydrogen-bond donors (Lipinski definition) is 4. The van der Waals surface area contributed by atoms with Crippen molar-refractivity contribution in [1.29, 1.82) is 0 Å². The Bertz CT molecular complexity index is 1130. The van der Waals surface area contributed by atoms with Gasteiger partial charge in [-0.05, 0) is 95.6 Å². The van der Waals surface area contributed by atoms with Crippen molar-refractivity contribution >= 4 is 6.03 Å². The molecule has 1 saturated heterocycles. The van der Waals surface area contributed by atoms with E-state index in [4.69, 9.17) is 5.73 Å². The summed E-state index contributed by atoms with van der Waals surface area (Å²) in [6, 6.07) is 11.3. The van der Waals surface area contributed by atoms with E-state index in [2.05, 4.69) is 151 Å². The minimum Gasteiger partial charge on any atom is -0.405 e. The number of carbonyl (C=O) groups is 1. The summed E-state index contributed by atoms with van der Waals surface area (Å²) in [6.45, 7) is 38.4. The Morgan fingerprint density at radius 3 is 1.80 bits per heavy atom. The van der Waals surface area contributed by atoms with Crippen molar-refractivity contribution in [3.63, 3.8) is 0 Å². The van der Waals surface area contributed by atoms with Gasteiger partial charge in [-0.2, -0.15) is 0 Å². The van der Waals surface area contributed by atoms with Crippen LogP contribution in [-0.2, 0) is 6.42 Å². The summed E-state index contributed by atoms with van der Waals surface area (Å²) in [6.07, 6.45) is 27.4. The van der Waals surface area contributed by atoms with Gasteiger partial charge in [-0.25, -0.2) is 4.79 Å². The van der Waals surface area contributed by atoms with E-state index >= 15 is 0 Å². The van der Waals surface area contributed by atoms with E-state index in [1.54, 1.807) is 6.08 Å². The van der Waals surface area contributed by atoms with Crippen LogP contribution in [0.15, 0.2) is 118 Å². The van der Waals surface area contributed by atoms with Crippen molar-refractivity contribution in [3.8, 4) is 0 Å². The molecule has 1 aromatic rings. The van der Waals surface area contributed by atoms with E-state index in [0.717, 1.165) is 12.3 Å². The molecule has 6 N–H and O–H groups in total. The first-order chi connectivity index (χ1) is 26.1. The smallest absolute Gasteiger partial charge is 0.312 e. The van der Waals surface area contributed by atoms with Gasteiger partial charge in [-0.3, -0.25) is 4.90 Å². The van der Waals surface area contributed by atoms with E-state index in [1.165, 1.54) is 100 Å². The lowest BCUT2D eigenvalue weighted by atomic mass is 9.80. The Morgan fingerprint density at radius 1 is 0.964 bits per heavy atom. The fourth-order valence-corrected chi connectivity index (χ4v) is 5.43. The Balaban J connectivity index is -0.000000293. The number of nitrogens with zero attached hydrogens (tertiary/aromatic N) is 1. The number of primary amides is 1. The lowest BCUT2D eigenvalue weighted by molar-refractivity contribution is 0.235. The maximum absolute atomic E-state index is 10.5. The zero-order valence-corrected chi connectivity index (χ0v) is 37.6. The maximum atomic E-state index is 10.5. The number of aryl methyl sites for hydroxylation is 1. The summed E-state index contributed by atoms with van der Waals surface area (Å²) >= 11 is 0. The fourth-order valence-electron chi connectivity index (χ4n) is 5.43. The molecule has 1 aliphatic heterocycles. The quantitative estimate of drug-likeness (QED) is 0.178. The number of amides is 2. The molecular formula is C49H89N5O. The number of carbonyl (C=O) groups excluding carboxylic acids is 1. The molecule has 4 rings (SSSR count). The van der Waals surface area contributed by atoms with Gasteiger partial charge >= 0.3 is 6.03 Å². The van der Waals surface area contributed by atoms with Crippen LogP contribution < -0.4 is 22.1 Å². The minimum atomic E-state index is -0.509. The lowest BCUT2D eigenvalue weighted by Gasteiger charge is -2.29. The summed E-state index contributed by atoms with van der Waals surface area (Å²) in [5, 5.41) is 5.89. The second-order valence-electron chi connectivity index (χ2n) is 15.1. The molecule has 316 valence electrons. The number of likely N-dealkylation sites (N-methyl/N-ethyl adjacent to an activating group) is 2. The van der Waals surface area contributed by atoms with Gasteiger partial charge in [0.05, 0.1) is 6.04 Å². The third kappa shape index (κ3) is 35.8. The molecule has 6 nitrogen and oxygen atoms in total. The summed E-state index contributed by atoms with van der Waals surface area (Å²) < 4.78 is 0. The number of allylic oxidation sites excluding steroid dienone is 4. The van der Waals surface area contributed by atoms with Crippen LogP contribution in [0.2, 0.25) is 0 Å². The third-order valence-corrected chi connectivity index (χ3v) is 8.67. The lowest BCUT2D eigenvalue weighted by Crippen LogP contribution is -2.44. The van der Waals surface area contributed by atoms with E-state index in [-0.39, 0.29) is 11.5 Å². The van der Waals surface area contributed by atoms with Gasteiger partial charge in [0.15, 0.2) is 0 Å². The summed E-state index contributed by atoms with van der Waals surface area (Å²) in [4.78, 5) is 12.8. The second kappa shape index (κ2) is 40.1. The van der Waals surface area contributed by atoms with Crippen molar-refractivity contribution in [2.24, 2.45) is 22.8 Å². The zero-order chi connectivity index (χ0) is 43.1. The maximum Gasteiger partial charge on any atom is 0.312 e. The largest absolute Gasteiger partial charge is 0.405 e. The van der Waals surface area contributed by atoms with Gasteiger partial charge in [0, 0.05) is 12.1 Å². The molecule has 0 spiro atoms. The number of nitrogens with two attached hydrogens (primary N) is 2. The van der Waals surface area contributed by atoms with Gasteiger partial charge < -0.3 is 22.1 Å². The molecule has 0 bridgehead atoms. The number of likely N-dealkylation sites (tertiary alicyclic amines) is 1. The van der Waals surface area contributed by atoms with Crippen LogP contribution in [0.5, 0.6) is 0 Å². The minimum absolute atomic E-state index is 0.0310. The fraction of sp³-hybridized carbons (Fsp3) is 0.571. The molecule has 3 atom stereocenters. The van der Waals surface area contributed by atoms with Crippen molar-refractivity contribution < 1.29 is 4.79 Å². The number of hydrogen-bond acceptors (Lipinski definition) is 4. The average molecular weight is 764 g/mol. The van der Waals surface area contributed by atoms with Crippen LogP contribution in [0.25, 0.3) is 0 Å². The Kier molecular flexibility index (Phi) is 42.3. The number of urea groups is 1. The van der Waals surface area contributed by atoms with Gasteiger partial charge in [-0.15, -0.1) is 26.3 Å². The van der Waals surface area contributed by atoms with E-state index < -0.39 is 6.03 Å². The van der Waals surface area contributed by atoms with Crippen LogP contribution in [0, 0.1) is 11.3 Å². The molecule has 1 heterocycles. The summed E-state index contributed by atoms with van der Waals surface area (Å²) in [7, 11) is 4.18. The van der Waals surface area contributed by atoms with Crippen LogP contribution in [-0.4, -0.2) is 49.7 Å². The van der Waals surface area contributed by atoms with Gasteiger partial charge in [0.1, 0.15) is 0 Å². The van der Waals surface area contributed by atoms with Crippen LogP contribution in [0.1, 0.15) is 132 Å². The first kappa shape index (κ1) is 58.1. The van der Waals surface area contributed by atoms with Crippen molar-refractivity contribution in [1.82, 2.24) is 15.5 Å². The second-order valence-corrected chi connectivity index (χ2v) is 15.1. The van der Waals surface area contributed by atoms with Gasteiger partial charge in [0.25, 0.3) is 0 Å². The molecule has 2 aliphatic carbocycles. The van der Waals surface area contributed by atoms with Crippen LogP contribution in [0.4, 0.5) is 4.79 Å². The molecule has 3 unspecified atom stereocenters. The molecule has 1 aromatic carbocycles. The highest BCUT2D eigenvalue weighted by Crippen LogP contribution is 2.31. The Hall–Kier alpha value is -3.61. The predicted molar refractivity (Wildman–Crippen MR) is 250 cm³/mol. The molecule has 3 aliphatic rings. The first-order valence-electron chi connectivity index (χ1n) is 20.7. The summed E-state index contributed by atoms with van der Waals surface area (Å²) in [5.74, 6) is 0.976. The van der Waals surface area contributed by atoms with E-state index in [9.17, 15) is 4.79 Å². The highest BCUT2D eigenvalue weighted by atomic mass is 16.2. The van der Waals surface area contributed by atoms with E-state index in [0.29, 0.717) is 12.1 Å².